The van der Waals surface area contributed by atoms with E-state index < -0.39 is 41.0 Å². The number of amides is 4. The summed E-state index contributed by atoms with van der Waals surface area (Å²) in [5, 5.41) is 16.0. The molecule has 3 aromatic heterocycles. The number of imide groups is 1. The van der Waals surface area contributed by atoms with Gasteiger partial charge in [0.15, 0.2) is 0 Å². The number of fused-ring (bicyclic) bond motifs is 2. The number of hydrogen-bond donors (Lipinski definition) is 3. The van der Waals surface area contributed by atoms with Crippen LogP contribution in [0.5, 0.6) is 0 Å². The van der Waals surface area contributed by atoms with E-state index in [1.165, 1.54) is 6.07 Å². The number of imidazole rings is 1. The highest BCUT2D eigenvalue weighted by Crippen LogP contribution is 2.34. The first-order chi connectivity index (χ1) is 27.6. The number of benzene rings is 1. The molecule has 58 heavy (non-hydrogen) atoms. The Labute approximate surface area is 333 Å². The van der Waals surface area contributed by atoms with E-state index in [0.29, 0.717) is 29.7 Å². The van der Waals surface area contributed by atoms with Crippen LogP contribution in [0.2, 0.25) is 0 Å². The molecule has 1 unspecified atom stereocenters. The van der Waals surface area contributed by atoms with Crippen molar-refractivity contribution in [2.45, 2.75) is 69.8 Å². The Kier molecular flexibility index (Phi) is 10.5. The number of hydrogen-bond acceptors (Lipinski definition) is 10. The Morgan fingerprint density at radius 1 is 0.914 bits per heavy atom. The molecule has 1 atom stereocenters. The van der Waals surface area contributed by atoms with Crippen LogP contribution in [-0.4, -0.2) is 116 Å². The fourth-order valence-electron chi connectivity index (χ4n) is 8.47. The first-order valence-electron chi connectivity index (χ1n) is 19.7. The number of carbonyl (C=O) groups is 4. The van der Waals surface area contributed by atoms with Crippen molar-refractivity contribution >= 4 is 40.7 Å². The van der Waals surface area contributed by atoms with Gasteiger partial charge in [-0.1, -0.05) is 12.1 Å². The zero-order chi connectivity index (χ0) is 40.9. The van der Waals surface area contributed by atoms with Gasteiger partial charge in [0.25, 0.3) is 11.8 Å². The molecule has 0 spiro atoms. The number of halogens is 3. The quantitative estimate of drug-likeness (QED) is 0.212. The Hall–Kier alpha value is -5.39. The third-order valence-electron chi connectivity index (χ3n) is 11.8. The van der Waals surface area contributed by atoms with E-state index in [9.17, 15) is 37.5 Å². The van der Waals surface area contributed by atoms with Crippen molar-refractivity contribution in [1.82, 2.24) is 34.4 Å². The molecule has 17 heteroatoms. The fraction of sp³-hybridized carbons (Fsp3) is 0.463. The van der Waals surface area contributed by atoms with Gasteiger partial charge in [-0.3, -0.25) is 29.4 Å². The Bertz CT molecular complexity index is 2260. The van der Waals surface area contributed by atoms with Gasteiger partial charge in [-0.25, -0.2) is 9.97 Å². The maximum absolute atomic E-state index is 13.3. The van der Waals surface area contributed by atoms with Crippen LogP contribution >= 0.6 is 0 Å². The zero-order valence-corrected chi connectivity index (χ0v) is 32.4. The lowest BCUT2D eigenvalue weighted by molar-refractivity contribution is -0.141. The summed E-state index contributed by atoms with van der Waals surface area (Å²) in [6.45, 7) is 10.7. The molecule has 4 amide bonds. The minimum absolute atomic E-state index is 0.164. The second-order valence-corrected chi connectivity index (χ2v) is 16.1. The molecule has 3 saturated heterocycles. The molecule has 0 saturated carbocycles. The topological polar surface area (TPSA) is 156 Å². The van der Waals surface area contributed by atoms with Crippen LogP contribution in [0.15, 0.2) is 54.9 Å². The molecule has 4 aromatic rings. The van der Waals surface area contributed by atoms with Crippen molar-refractivity contribution < 1.29 is 37.5 Å². The summed E-state index contributed by atoms with van der Waals surface area (Å²) in [4.78, 5) is 67.6. The fourth-order valence-corrected chi connectivity index (χ4v) is 8.47. The zero-order valence-electron chi connectivity index (χ0n) is 32.4. The van der Waals surface area contributed by atoms with Gasteiger partial charge in [0.05, 0.1) is 17.0 Å². The average Bonchev–Trinajstić information content (AvgIpc) is 3.76. The molecule has 14 nitrogen and oxygen atoms in total. The number of piperazine rings is 1. The maximum atomic E-state index is 13.3. The Morgan fingerprint density at radius 2 is 1.64 bits per heavy atom. The van der Waals surface area contributed by atoms with Crippen LogP contribution in [0.3, 0.4) is 0 Å². The van der Waals surface area contributed by atoms with Gasteiger partial charge < -0.3 is 29.5 Å². The normalized spacial score (nSPS) is 20.2. The molecule has 1 aromatic carbocycles. The van der Waals surface area contributed by atoms with Gasteiger partial charge in [-0.05, 0) is 82.1 Å². The monoisotopic (exact) mass is 801 g/mol. The SMILES string of the molecule is CC(C)(O)c1cc2nc(C3CCN(CCN4CCN(c5ccc6c(c5)C(=O)N(C5CCC(=O)NC5=O)C6)CC4)CC3)cn2cc1NC(=O)c1cccc(C(F)(F)F)n1. The standard InChI is InChI=1S/C41H46F3N9O5/c1-40(2,58)29-21-35-46-31(23-52(35)24-32(29)47-37(55)30-4-3-5-34(45-30)41(42,43)44)25-10-12-49(13-11-25)14-15-50-16-18-51(19-17-50)27-7-6-26-22-53(39(57)28(26)20-27)33-8-9-36(54)48-38(33)56/h3-7,20-21,23-25,33,58H,8-19,22H2,1-2H3,(H,47,55)(H,48,54,56). The molecule has 0 radical (unpaired) electrons. The number of likely N-dealkylation sites (tertiary alicyclic amines) is 1. The molecule has 3 N–H and O–H groups in total. The lowest BCUT2D eigenvalue weighted by Gasteiger charge is -2.38. The van der Waals surface area contributed by atoms with E-state index >= 15 is 0 Å². The number of aliphatic hydroxyl groups is 1. The number of nitrogens with one attached hydrogen (secondary N) is 2. The summed E-state index contributed by atoms with van der Waals surface area (Å²) >= 11 is 0. The minimum Gasteiger partial charge on any atom is -0.386 e. The Morgan fingerprint density at radius 3 is 2.33 bits per heavy atom. The van der Waals surface area contributed by atoms with Crippen molar-refractivity contribution in [3.05, 3.63) is 88.6 Å². The van der Waals surface area contributed by atoms with Gasteiger partial charge in [-0.15, -0.1) is 0 Å². The highest BCUT2D eigenvalue weighted by molar-refractivity contribution is 6.06. The van der Waals surface area contributed by atoms with E-state index in [1.54, 1.807) is 35.4 Å². The van der Waals surface area contributed by atoms with Crippen LogP contribution in [-0.2, 0) is 27.9 Å². The second-order valence-electron chi connectivity index (χ2n) is 16.1. The number of alkyl halides is 3. The first-order valence-corrected chi connectivity index (χ1v) is 19.7. The van der Waals surface area contributed by atoms with E-state index in [1.807, 2.05) is 18.3 Å². The van der Waals surface area contributed by atoms with E-state index in [-0.39, 0.29) is 29.8 Å². The summed E-state index contributed by atoms with van der Waals surface area (Å²) in [7, 11) is 0. The average molecular weight is 802 g/mol. The van der Waals surface area contributed by atoms with Gasteiger partial charge in [0.1, 0.15) is 23.1 Å². The first kappa shape index (κ1) is 39.4. The highest BCUT2D eigenvalue weighted by Gasteiger charge is 2.39. The molecule has 7 heterocycles. The smallest absolute Gasteiger partial charge is 0.386 e. The van der Waals surface area contributed by atoms with E-state index in [4.69, 9.17) is 4.98 Å². The van der Waals surface area contributed by atoms with Crippen LogP contribution in [0.4, 0.5) is 24.5 Å². The van der Waals surface area contributed by atoms with E-state index in [2.05, 4.69) is 36.4 Å². The van der Waals surface area contributed by atoms with E-state index in [0.717, 1.165) is 94.3 Å². The lowest BCUT2D eigenvalue weighted by atomic mass is 9.94. The molecular formula is C41H46F3N9O5. The number of carbonyl (C=O) groups excluding carboxylic acids is 4. The van der Waals surface area contributed by atoms with Crippen molar-refractivity contribution in [1.29, 1.82) is 0 Å². The van der Waals surface area contributed by atoms with Crippen LogP contribution < -0.4 is 15.5 Å². The predicted octanol–water partition coefficient (Wildman–Crippen LogP) is 3.99. The largest absolute Gasteiger partial charge is 0.433 e. The van der Waals surface area contributed by atoms with Crippen LogP contribution in [0.25, 0.3) is 5.65 Å². The van der Waals surface area contributed by atoms with Crippen LogP contribution in [0.1, 0.15) is 88.8 Å². The summed E-state index contributed by atoms with van der Waals surface area (Å²) in [5.41, 5.74) is 1.66. The summed E-state index contributed by atoms with van der Waals surface area (Å²) in [6.07, 6.45) is 1.24. The molecule has 0 bridgehead atoms. The summed E-state index contributed by atoms with van der Waals surface area (Å²) in [6, 6.07) is 10.2. The molecular weight excluding hydrogens is 756 g/mol. The molecule has 4 aliphatic rings. The highest BCUT2D eigenvalue weighted by atomic mass is 19.4. The lowest BCUT2D eigenvalue weighted by Crippen LogP contribution is -2.52. The molecule has 8 rings (SSSR count). The molecule has 3 fully saturated rings. The van der Waals surface area contributed by atoms with Gasteiger partial charge in [0, 0.05) is 87.4 Å². The molecule has 4 aliphatic heterocycles. The number of nitrogens with zero attached hydrogens (tertiary/aromatic N) is 7. The third-order valence-corrected chi connectivity index (χ3v) is 11.8. The van der Waals surface area contributed by atoms with Crippen molar-refractivity contribution in [2.24, 2.45) is 0 Å². The molecule has 0 aliphatic carbocycles. The van der Waals surface area contributed by atoms with Crippen molar-refractivity contribution in [2.75, 3.05) is 62.6 Å². The maximum Gasteiger partial charge on any atom is 0.433 e. The molecule has 306 valence electrons. The van der Waals surface area contributed by atoms with Gasteiger partial charge >= 0.3 is 6.18 Å². The number of aromatic nitrogens is 3. The number of pyridine rings is 2. The number of rotatable bonds is 9. The van der Waals surface area contributed by atoms with Crippen LogP contribution in [0, 0.1) is 0 Å². The number of anilines is 2. The third kappa shape index (κ3) is 8.15. The summed E-state index contributed by atoms with van der Waals surface area (Å²) < 4.78 is 41.5. The van der Waals surface area contributed by atoms with Gasteiger partial charge in [0.2, 0.25) is 11.8 Å². The predicted molar refractivity (Wildman–Crippen MR) is 207 cm³/mol. The number of piperidine rings is 2. The summed E-state index contributed by atoms with van der Waals surface area (Å²) in [5.74, 6) is -1.49. The minimum atomic E-state index is -4.70. The Balaban J connectivity index is 0.831. The van der Waals surface area contributed by atoms with Crippen molar-refractivity contribution in [3.63, 3.8) is 0 Å². The second kappa shape index (κ2) is 15.4. The van der Waals surface area contributed by atoms with Crippen molar-refractivity contribution in [3.8, 4) is 0 Å². The van der Waals surface area contributed by atoms with Gasteiger partial charge in [-0.2, -0.15) is 13.2 Å².